The maximum Gasteiger partial charge on any atom is 0.254 e. The van der Waals surface area contributed by atoms with Crippen molar-refractivity contribution < 1.29 is 9.18 Å². The zero-order chi connectivity index (χ0) is 14.5. The van der Waals surface area contributed by atoms with Crippen molar-refractivity contribution in [1.29, 1.82) is 0 Å². The van der Waals surface area contributed by atoms with E-state index in [0.29, 0.717) is 6.54 Å². The third-order valence-electron chi connectivity index (χ3n) is 3.34. The molecule has 0 fully saturated rings. The molecule has 0 unspecified atom stereocenters. The van der Waals surface area contributed by atoms with Crippen LogP contribution in [0.5, 0.6) is 0 Å². The number of carbonyl (C=O) groups is 1. The molecule has 1 N–H and O–H groups in total. The van der Waals surface area contributed by atoms with Crippen LogP contribution in [0.2, 0.25) is 5.15 Å². The molecular weight excluding hydrogens is 287 g/mol. The molecule has 1 heterocycles. The molecule has 0 radical (unpaired) electrons. The first-order chi connectivity index (χ1) is 8.98. The molecule has 0 aliphatic rings. The summed E-state index contributed by atoms with van der Waals surface area (Å²) in [6.07, 6.45) is 4.90. The van der Waals surface area contributed by atoms with Gasteiger partial charge in [-0.3, -0.25) is 4.79 Å². The number of thioether (sulfide) groups is 1. The van der Waals surface area contributed by atoms with Crippen LogP contribution < -0.4 is 5.32 Å². The maximum atomic E-state index is 13.1. The number of amides is 1. The minimum absolute atomic E-state index is 0.00287. The SMILES string of the molecule is CCC(CC)(CNC(=O)c1cc(F)cnc1Cl)SC. The van der Waals surface area contributed by atoms with Gasteiger partial charge >= 0.3 is 0 Å². The first kappa shape index (κ1) is 16.2. The normalized spacial score (nSPS) is 11.4. The van der Waals surface area contributed by atoms with Crippen molar-refractivity contribution in [2.45, 2.75) is 31.4 Å². The molecule has 19 heavy (non-hydrogen) atoms. The minimum atomic E-state index is -0.573. The van der Waals surface area contributed by atoms with Crippen LogP contribution in [0.25, 0.3) is 0 Å². The van der Waals surface area contributed by atoms with Gasteiger partial charge in [-0.05, 0) is 25.2 Å². The third kappa shape index (κ3) is 4.08. The van der Waals surface area contributed by atoms with Crippen molar-refractivity contribution in [3.8, 4) is 0 Å². The van der Waals surface area contributed by atoms with Gasteiger partial charge in [0, 0.05) is 11.3 Å². The Kier molecular flexibility index (Phi) is 6.07. The highest BCUT2D eigenvalue weighted by Gasteiger charge is 2.26. The summed E-state index contributed by atoms with van der Waals surface area (Å²) in [4.78, 5) is 15.6. The number of halogens is 2. The number of carbonyl (C=O) groups excluding carboxylic acids is 1. The van der Waals surface area contributed by atoms with Gasteiger partial charge in [0.1, 0.15) is 11.0 Å². The van der Waals surface area contributed by atoms with E-state index in [0.717, 1.165) is 25.1 Å². The Labute approximate surface area is 122 Å². The molecule has 0 aliphatic carbocycles. The number of nitrogens with one attached hydrogen (secondary N) is 1. The van der Waals surface area contributed by atoms with Gasteiger partial charge in [-0.2, -0.15) is 11.8 Å². The number of aromatic nitrogens is 1. The number of rotatable bonds is 6. The van der Waals surface area contributed by atoms with E-state index >= 15 is 0 Å². The molecule has 0 saturated heterocycles. The van der Waals surface area contributed by atoms with Crippen LogP contribution in [0.15, 0.2) is 12.3 Å². The summed E-state index contributed by atoms with van der Waals surface area (Å²) in [5.74, 6) is -0.964. The monoisotopic (exact) mass is 304 g/mol. The standard InChI is InChI=1S/C13H18ClFN2OS/c1-4-13(5-2,19-3)8-17-12(18)10-6-9(15)7-16-11(10)14/h6-7H,4-5,8H2,1-3H3,(H,17,18). The topological polar surface area (TPSA) is 42.0 Å². The van der Waals surface area contributed by atoms with Crippen molar-refractivity contribution >= 4 is 29.3 Å². The van der Waals surface area contributed by atoms with Gasteiger partial charge < -0.3 is 5.32 Å². The van der Waals surface area contributed by atoms with E-state index in [1.165, 1.54) is 0 Å². The highest BCUT2D eigenvalue weighted by Crippen LogP contribution is 2.29. The molecule has 0 aliphatic heterocycles. The van der Waals surface area contributed by atoms with Crippen molar-refractivity contribution in [2.24, 2.45) is 0 Å². The summed E-state index contributed by atoms with van der Waals surface area (Å²) in [5, 5.41) is 2.83. The van der Waals surface area contributed by atoms with Gasteiger partial charge in [0.25, 0.3) is 5.91 Å². The van der Waals surface area contributed by atoms with Gasteiger partial charge in [0.05, 0.1) is 11.8 Å². The quantitative estimate of drug-likeness (QED) is 0.818. The summed E-state index contributed by atoms with van der Waals surface area (Å²) in [5.41, 5.74) is 0.0730. The van der Waals surface area contributed by atoms with Crippen LogP contribution in [0, 0.1) is 5.82 Å². The Morgan fingerprint density at radius 2 is 2.16 bits per heavy atom. The third-order valence-corrected chi connectivity index (χ3v) is 5.23. The molecule has 1 amide bonds. The molecule has 106 valence electrons. The fourth-order valence-corrected chi connectivity index (χ4v) is 2.76. The van der Waals surface area contributed by atoms with Crippen LogP contribution in [0.1, 0.15) is 37.0 Å². The second-order valence-electron chi connectivity index (χ2n) is 4.27. The first-order valence-corrected chi connectivity index (χ1v) is 7.72. The summed E-state index contributed by atoms with van der Waals surface area (Å²) in [7, 11) is 0. The molecule has 1 aromatic rings. The Bertz CT molecular complexity index is 444. The van der Waals surface area contributed by atoms with E-state index in [2.05, 4.69) is 24.1 Å². The van der Waals surface area contributed by atoms with Crippen LogP contribution in [0.4, 0.5) is 4.39 Å². The molecule has 0 saturated carbocycles. The number of nitrogens with zero attached hydrogens (tertiary/aromatic N) is 1. The Morgan fingerprint density at radius 3 is 2.68 bits per heavy atom. The van der Waals surface area contributed by atoms with E-state index in [1.54, 1.807) is 11.8 Å². The van der Waals surface area contributed by atoms with Crippen molar-refractivity contribution in [1.82, 2.24) is 10.3 Å². The highest BCUT2D eigenvalue weighted by molar-refractivity contribution is 8.00. The van der Waals surface area contributed by atoms with Gasteiger partial charge in [-0.25, -0.2) is 9.37 Å². The zero-order valence-corrected chi connectivity index (χ0v) is 12.9. The lowest BCUT2D eigenvalue weighted by atomic mass is 10.0. The van der Waals surface area contributed by atoms with Gasteiger partial charge in [-0.1, -0.05) is 25.4 Å². The molecule has 0 bridgehead atoms. The summed E-state index contributed by atoms with van der Waals surface area (Å²) in [6.45, 7) is 4.69. The lowest BCUT2D eigenvalue weighted by Crippen LogP contribution is -2.39. The largest absolute Gasteiger partial charge is 0.351 e. The maximum absolute atomic E-state index is 13.1. The van der Waals surface area contributed by atoms with Crippen LogP contribution in [-0.2, 0) is 0 Å². The van der Waals surface area contributed by atoms with E-state index < -0.39 is 11.7 Å². The second kappa shape index (κ2) is 7.10. The Morgan fingerprint density at radius 1 is 1.53 bits per heavy atom. The molecule has 0 spiro atoms. The summed E-state index contributed by atoms with van der Waals surface area (Å²) >= 11 is 7.52. The Hall–Kier alpha value is -0.810. The van der Waals surface area contributed by atoms with Crippen LogP contribution in [0.3, 0.4) is 0 Å². The predicted octanol–water partition coefficient (Wildman–Crippen LogP) is 3.53. The van der Waals surface area contributed by atoms with Crippen molar-refractivity contribution in [2.75, 3.05) is 12.8 Å². The second-order valence-corrected chi connectivity index (χ2v) is 5.90. The van der Waals surface area contributed by atoms with Gasteiger partial charge in [-0.15, -0.1) is 0 Å². The lowest BCUT2D eigenvalue weighted by Gasteiger charge is -2.29. The molecule has 1 rings (SSSR count). The van der Waals surface area contributed by atoms with Gasteiger partial charge in [0.2, 0.25) is 0 Å². The summed E-state index contributed by atoms with van der Waals surface area (Å²) < 4.78 is 13.1. The zero-order valence-electron chi connectivity index (χ0n) is 11.3. The average Bonchev–Trinajstić information content (AvgIpc) is 2.43. The lowest BCUT2D eigenvalue weighted by molar-refractivity contribution is 0.0948. The smallest absolute Gasteiger partial charge is 0.254 e. The van der Waals surface area contributed by atoms with Gasteiger partial charge in [0.15, 0.2) is 0 Å². The van der Waals surface area contributed by atoms with E-state index in [9.17, 15) is 9.18 Å². The first-order valence-electron chi connectivity index (χ1n) is 6.12. The molecule has 3 nitrogen and oxygen atoms in total. The molecule has 0 aromatic carbocycles. The van der Waals surface area contributed by atoms with Crippen LogP contribution >= 0.6 is 23.4 Å². The predicted molar refractivity (Wildman–Crippen MR) is 78.4 cm³/mol. The fourth-order valence-electron chi connectivity index (χ4n) is 1.78. The molecular formula is C13H18ClFN2OS. The van der Waals surface area contributed by atoms with Crippen LogP contribution in [-0.4, -0.2) is 28.4 Å². The van der Waals surface area contributed by atoms with Crippen molar-refractivity contribution in [3.63, 3.8) is 0 Å². The van der Waals surface area contributed by atoms with E-state index in [-0.39, 0.29) is 15.5 Å². The fraction of sp³-hybridized carbons (Fsp3) is 0.538. The number of hydrogen-bond acceptors (Lipinski definition) is 3. The molecule has 1 aromatic heterocycles. The minimum Gasteiger partial charge on any atom is -0.351 e. The van der Waals surface area contributed by atoms with E-state index in [1.807, 2.05) is 6.26 Å². The van der Waals surface area contributed by atoms with E-state index in [4.69, 9.17) is 11.6 Å². The average molecular weight is 305 g/mol. The number of hydrogen-bond donors (Lipinski definition) is 1. The molecule has 6 heteroatoms. The van der Waals surface area contributed by atoms with Crippen molar-refractivity contribution in [3.05, 3.63) is 28.8 Å². The Balaban J connectivity index is 2.77. The molecule has 0 atom stereocenters. The summed E-state index contributed by atoms with van der Waals surface area (Å²) in [6, 6.07) is 1.10. The number of pyridine rings is 1. The highest BCUT2D eigenvalue weighted by atomic mass is 35.5.